The van der Waals surface area contributed by atoms with Crippen molar-refractivity contribution in [3.8, 4) is 0 Å². The van der Waals surface area contributed by atoms with Crippen molar-refractivity contribution < 1.29 is 24.6 Å². The van der Waals surface area contributed by atoms with Gasteiger partial charge in [-0.1, -0.05) is 5.11 Å². The maximum Gasteiger partial charge on any atom is 0.326 e. The van der Waals surface area contributed by atoms with Gasteiger partial charge in [0.25, 0.3) is 0 Å². The average Bonchev–Trinajstić information content (AvgIpc) is 2.67. The lowest BCUT2D eigenvalue weighted by atomic mass is 10.1. The first kappa shape index (κ1) is 14.8. The Kier molecular flexibility index (Phi) is 5.13. The molecular weight excluding hydrogens is 256 g/mol. The molecule has 0 radical (unpaired) electrons. The Bertz CT molecular complexity index is 432. The van der Waals surface area contributed by atoms with Crippen LogP contribution in [0.4, 0.5) is 0 Å². The van der Waals surface area contributed by atoms with Crippen LogP contribution in [0.15, 0.2) is 5.11 Å². The van der Waals surface area contributed by atoms with E-state index in [1.165, 1.54) is 0 Å². The van der Waals surface area contributed by atoms with Crippen LogP contribution in [0, 0.1) is 5.92 Å². The summed E-state index contributed by atoms with van der Waals surface area (Å²) in [7, 11) is 0. The summed E-state index contributed by atoms with van der Waals surface area (Å²) in [6.07, 6.45) is -0.331. The molecule has 0 aromatic heterocycles. The van der Waals surface area contributed by atoms with Gasteiger partial charge in [-0.25, -0.2) is 4.79 Å². The molecule has 0 aromatic rings. The number of aliphatic carboxylic acids is 2. The zero-order chi connectivity index (χ0) is 14.4. The number of carboxylic acids is 2. The SMILES string of the molecule is [N-]=[N+]=NCC1CC(=O)N(C(CCC(=O)O)C(=O)O)C1. The minimum atomic E-state index is -1.22. The Morgan fingerprint density at radius 2 is 2.21 bits per heavy atom. The van der Waals surface area contributed by atoms with E-state index < -0.39 is 18.0 Å². The van der Waals surface area contributed by atoms with Crippen molar-refractivity contribution >= 4 is 17.8 Å². The first-order valence-corrected chi connectivity index (χ1v) is 5.70. The quantitative estimate of drug-likeness (QED) is 0.392. The average molecular weight is 270 g/mol. The zero-order valence-corrected chi connectivity index (χ0v) is 10.1. The molecule has 1 aliphatic rings. The molecule has 1 amide bonds. The molecule has 1 fully saturated rings. The van der Waals surface area contributed by atoms with Crippen LogP contribution in [-0.4, -0.2) is 52.1 Å². The molecular formula is C10H14N4O5. The van der Waals surface area contributed by atoms with Crippen molar-refractivity contribution in [1.29, 1.82) is 0 Å². The molecule has 19 heavy (non-hydrogen) atoms. The summed E-state index contributed by atoms with van der Waals surface area (Å²) in [5, 5.41) is 21.0. The number of nitrogens with zero attached hydrogens (tertiary/aromatic N) is 4. The fourth-order valence-corrected chi connectivity index (χ4v) is 2.06. The van der Waals surface area contributed by atoms with E-state index in [9.17, 15) is 14.4 Å². The number of amides is 1. The van der Waals surface area contributed by atoms with Gasteiger partial charge in [0.05, 0.1) is 0 Å². The molecule has 9 heteroatoms. The molecule has 1 heterocycles. The Hall–Kier alpha value is -2.28. The number of hydrogen-bond donors (Lipinski definition) is 2. The highest BCUT2D eigenvalue weighted by Crippen LogP contribution is 2.22. The highest BCUT2D eigenvalue weighted by molar-refractivity contribution is 5.85. The van der Waals surface area contributed by atoms with E-state index in [0.29, 0.717) is 0 Å². The van der Waals surface area contributed by atoms with Crippen LogP contribution in [-0.2, 0) is 14.4 Å². The lowest BCUT2D eigenvalue weighted by molar-refractivity contribution is -0.149. The van der Waals surface area contributed by atoms with Gasteiger partial charge in [0.2, 0.25) is 5.91 Å². The Balaban J connectivity index is 2.68. The lowest BCUT2D eigenvalue weighted by Crippen LogP contribution is -2.42. The number of hydrogen-bond acceptors (Lipinski definition) is 4. The Morgan fingerprint density at radius 1 is 1.53 bits per heavy atom. The molecule has 1 rings (SSSR count). The van der Waals surface area contributed by atoms with E-state index in [0.717, 1.165) is 4.90 Å². The van der Waals surface area contributed by atoms with Gasteiger partial charge in [-0.05, 0) is 17.9 Å². The van der Waals surface area contributed by atoms with Gasteiger partial charge in [-0.15, -0.1) is 0 Å². The van der Waals surface area contributed by atoms with Crippen molar-refractivity contribution in [2.45, 2.75) is 25.3 Å². The van der Waals surface area contributed by atoms with Crippen LogP contribution in [0.3, 0.4) is 0 Å². The lowest BCUT2D eigenvalue weighted by Gasteiger charge is -2.24. The third-order valence-electron chi connectivity index (χ3n) is 2.93. The molecule has 0 saturated carbocycles. The Labute approximate surface area is 108 Å². The second-order valence-corrected chi connectivity index (χ2v) is 4.32. The summed E-state index contributed by atoms with van der Waals surface area (Å²) < 4.78 is 0. The molecule has 2 N–H and O–H groups in total. The minimum absolute atomic E-state index is 0.121. The number of carbonyl (C=O) groups excluding carboxylic acids is 1. The van der Waals surface area contributed by atoms with Gasteiger partial charge in [-0.2, -0.15) is 0 Å². The molecule has 104 valence electrons. The van der Waals surface area contributed by atoms with Crippen molar-refractivity contribution in [2.24, 2.45) is 11.0 Å². The van der Waals surface area contributed by atoms with Gasteiger partial charge in [-0.3, -0.25) is 9.59 Å². The van der Waals surface area contributed by atoms with Crippen LogP contribution in [0.5, 0.6) is 0 Å². The van der Waals surface area contributed by atoms with Crippen LogP contribution < -0.4 is 0 Å². The second kappa shape index (κ2) is 6.60. The number of azide groups is 1. The van der Waals surface area contributed by atoms with Gasteiger partial charge in [0, 0.05) is 30.8 Å². The molecule has 0 aromatic carbocycles. The summed E-state index contributed by atoms with van der Waals surface area (Å²) in [6, 6.07) is -1.14. The van der Waals surface area contributed by atoms with E-state index in [1.807, 2.05) is 0 Å². The molecule has 1 saturated heterocycles. The fraction of sp³-hybridized carbons (Fsp3) is 0.700. The summed E-state index contributed by atoms with van der Waals surface area (Å²) >= 11 is 0. The molecule has 2 unspecified atom stereocenters. The third-order valence-corrected chi connectivity index (χ3v) is 2.93. The standard InChI is InChI=1S/C10H14N4O5/c11-13-12-4-6-3-8(15)14(5-6)7(10(18)19)1-2-9(16)17/h6-7H,1-5H2,(H,16,17)(H,18,19). The van der Waals surface area contributed by atoms with E-state index in [4.69, 9.17) is 15.7 Å². The Morgan fingerprint density at radius 3 is 2.74 bits per heavy atom. The maximum atomic E-state index is 11.7. The predicted molar refractivity (Wildman–Crippen MR) is 62.1 cm³/mol. The third kappa shape index (κ3) is 4.14. The summed E-state index contributed by atoms with van der Waals surface area (Å²) in [6.45, 7) is 0.304. The monoisotopic (exact) mass is 270 g/mol. The van der Waals surface area contributed by atoms with Gasteiger partial charge >= 0.3 is 11.9 Å². The van der Waals surface area contributed by atoms with E-state index in [2.05, 4.69) is 10.0 Å². The number of likely N-dealkylation sites (tertiary alicyclic amines) is 1. The number of rotatable bonds is 7. The summed E-state index contributed by atoms with van der Waals surface area (Å²) in [5.41, 5.74) is 8.20. The molecule has 9 nitrogen and oxygen atoms in total. The van der Waals surface area contributed by atoms with Crippen molar-refractivity contribution in [2.75, 3.05) is 13.1 Å². The molecule has 0 spiro atoms. The van der Waals surface area contributed by atoms with Crippen LogP contribution >= 0.6 is 0 Å². The number of carbonyl (C=O) groups is 3. The van der Waals surface area contributed by atoms with E-state index >= 15 is 0 Å². The molecule has 1 aliphatic heterocycles. The van der Waals surface area contributed by atoms with E-state index in [1.54, 1.807) is 0 Å². The fourth-order valence-electron chi connectivity index (χ4n) is 2.06. The smallest absolute Gasteiger partial charge is 0.326 e. The molecule has 0 aliphatic carbocycles. The molecule has 0 bridgehead atoms. The normalized spacial score (nSPS) is 19.9. The highest BCUT2D eigenvalue weighted by Gasteiger charge is 2.37. The number of carboxylic acid groups (broad SMARTS) is 2. The van der Waals surface area contributed by atoms with Gasteiger partial charge in [0.1, 0.15) is 6.04 Å². The molecule has 2 atom stereocenters. The summed E-state index contributed by atoms with van der Waals surface area (Å²) in [4.78, 5) is 37.0. The first-order valence-electron chi connectivity index (χ1n) is 5.70. The zero-order valence-electron chi connectivity index (χ0n) is 10.1. The van der Waals surface area contributed by atoms with Gasteiger partial charge < -0.3 is 15.1 Å². The first-order chi connectivity index (χ1) is 8.95. The van der Waals surface area contributed by atoms with Crippen LogP contribution in [0.25, 0.3) is 10.4 Å². The van der Waals surface area contributed by atoms with Gasteiger partial charge in [0.15, 0.2) is 0 Å². The van der Waals surface area contributed by atoms with Crippen molar-refractivity contribution in [1.82, 2.24) is 4.90 Å². The van der Waals surface area contributed by atoms with Crippen molar-refractivity contribution in [3.05, 3.63) is 10.4 Å². The minimum Gasteiger partial charge on any atom is -0.481 e. The van der Waals surface area contributed by atoms with E-state index in [-0.39, 0.29) is 44.2 Å². The predicted octanol–water partition coefficient (Wildman–Crippen LogP) is 0.463. The van der Waals surface area contributed by atoms with Crippen molar-refractivity contribution in [3.63, 3.8) is 0 Å². The largest absolute Gasteiger partial charge is 0.481 e. The van der Waals surface area contributed by atoms with Crippen LogP contribution in [0.1, 0.15) is 19.3 Å². The maximum absolute atomic E-state index is 11.7. The topological polar surface area (TPSA) is 144 Å². The second-order valence-electron chi connectivity index (χ2n) is 4.32. The highest BCUT2D eigenvalue weighted by atomic mass is 16.4. The summed E-state index contributed by atoms with van der Waals surface area (Å²) in [5.74, 6) is -2.89. The van der Waals surface area contributed by atoms with Crippen LogP contribution in [0.2, 0.25) is 0 Å².